The molecule has 6 heteroatoms. The standard InChI is InChI=1S/C14H16F3N3/c1-3-18-7-11-4-5-13(6-10(11)2)20-9-12(8-19-20)14(15,16)17/h4-6,8-9,18H,3,7H2,1-2H3. The number of hydrogen-bond acceptors (Lipinski definition) is 2. The van der Waals surface area contributed by atoms with Crippen molar-refractivity contribution in [1.29, 1.82) is 0 Å². The first kappa shape index (κ1) is 14.6. The lowest BCUT2D eigenvalue weighted by Crippen LogP contribution is -2.12. The highest BCUT2D eigenvalue weighted by atomic mass is 19.4. The number of rotatable bonds is 4. The summed E-state index contributed by atoms with van der Waals surface area (Å²) in [6, 6.07) is 5.51. The van der Waals surface area contributed by atoms with Crippen LogP contribution < -0.4 is 5.32 Å². The minimum atomic E-state index is -4.36. The first-order valence-corrected chi connectivity index (χ1v) is 6.34. The number of halogens is 3. The molecule has 0 bridgehead atoms. The molecule has 2 rings (SSSR count). The van der Waals surface area contributed by atoms with E-state index in [1.807, 2.05) is 26.0 Å². The van der Waals surface area contributed by atoms with Crippen molar-refractivity contribution in [2.75, 3.05) is 6.54 Å². The molecule has 1 aromatic carbocycles. The third-order valence-corrected chi connectivity index (χ3v) is 3.07. The Kier molecular flexibility index (Phi) is 4.13. The van der Waals surface area contributed by atoms with Crippen LogP contribution in [0.5, 0.6) is 0 Å². The molecule has 3 nitrogen and oxygen atoms in total. The van der Waals surface area contributed by atoms with Crippen LogP contribution in [0, 0.1) is 6.92 Å². The molecular formula is C14H16F3N3. The van der Waals surface area contributed by atoms with Gasteiger partial charge in [0.2, 0.25) is 0 Å². The molecule has 2 aromatic rings. The predicted octanol–water partition coefficient (Wildman–Crippen LogP) is 3.31. The van der Waals surface area contributed by atoms with Crippen molar-refractivity contribution in [3.05, 3.63) is 47.3 Å². The minimum Gasteiger partial charge on any atom is -0.313 e. The summed E-state index contributed by atoms with van der Waals surface area (Å²) in [6.07, 6.45) is -2.53. The average Bonchev–Trinajstić information content (AvgIpc) is 2.86. The Bertz CT molecular complexity index is 588. The second-order valence-corrected chi connectivity index (χ2v) is 4.56. The van der Waals surface area contributed by atoms with Crippen LogP contribution in [0.3, 0.4) is 0 Å². The van der Waals surface area contributed by atoms with E-state index in [9.17, 15) is 13.2 Å². The summed E-state index contributed by atoms with van der Waals surface area (Å²) >= 11 is 0. The van der Waals surface area contributed by atoms with Gasteiger partial charge in [-0.2, -0.15) is 18.3 Å². The number of aromatic nitrogens is 2. The van der Waals surface area contributed by atoms with Gasteiger partial charge in [-0.25, -0.2) is 4.68 Å². The molecule has 1 heterocycles. The molecule has 0 aliphatic carbocycles. The molecule has 0 spiro atoms. The number of aryl methyl sites for hydroxylation is 1. The zero-order valence-electron chi connectivity index (χ0n) is 11.3. The molecule has 1 N–H and O–H groups in total. The second-order valence-electron chi connectivity index (χ2n) is 4.56. The molecule has 0 unspecified atom stereocenters. The zero-order valence-corrected chi connectivity index (χ0v) is 11.3. The summed E-state index contributed by atoms with van der Waals surface area (Å²) in [5.74, 6) is 0. The highest BCUT2D eigenvalue weighted by molar-refractivity contribution is 5.40. The van der Waals surface area contributed by atoms with E-state index in [-0.39, 0.29) is 0 Å². The van der Waals surface area contributed by atoms with Crippen molar-refractivity contribution in [2.24, 2.45) is 0 Å². The van der Waals surface area contributed by atoms with Crippen molar-refractivity contribution in [3.63, 3.8) is 0 Å². The van der Waals surface area contributed by atoms with Gasteiger partial charge in [-0.1, -0.05) is 13.0 Å². The van der Waals surface area contributed by atoms with Gasteiger partial charge in [0.1, 0.15) is 0 Å². The maximum atomic E-state index is 12.5. The normalized spacial score (nSPS) is 11.8. The Morgan fingerprint density at radius 1 is 1.30 bits per heavy atom. The maximum Gasteiger partial charge on any atom is 0.419 e. The monoisotopic (exact) mass is 283 g/mol. The molecule has 0 saturated carbocycles. The number of benzene rings is 1. The molecule has 108 valence electrons. The Hall–Kier alpha value is -1.82. The Balaban J connectivity index is 2.25. The van der Waals surface area contributed by atoms with Gasteiger partial charge < -0.3 is 5.32 Å². The molecule has 1 aromatic heterocycles. The summed E-state index contributed by atoms with van der Waals surface area (Å²) in [7, 11) is 0. The van der Waals surface area contributed by atoms with Crippen molar-refractivity contribution in [1.82, 2.24) is 15.1 Å². The fourth-order valence-electron chi connectivity index (χ4n) is 1.89. The molecule has 0 saturated heterocycles. The fourth-order valence-corrected chi connectivity index (χ4v) is 1.89. The van der Waals surface area contributed by atoms with E-state index in [4.69, 9.17) is 0 Å². The van der Waals surface area contributed by atoms with Gasteiger partial charge in [0, 0.05) is 12.7 Å². The van der Waals surface area contributed by atoms with E-state index in [2.05, 4.69) is 10.4 Å². The van der Waals surface area contributed by atoms with Gasteiger partial charge in [-0.15, -0.1) is 0 Å². The Labute approximate surface area is 115 Å². The first-order valence-electron chi connectivity index (χ1n) is 6.34. The minimum absolute atomic E-state index is 0.623. The highest BCUT2D eigenvalue weighted by Crippen LogP contribution is 2.29. The van der Waals surface area contributed by atoms with Gasteiger partial charge in [0.15, 0.2) is 0 Å². The Morgan fingerprint density at radius 3 is 2.60 bits per heavy atom. The molecule has 20 heavy (non-hydrogen) atoms. The van der Waals surface area contributed by atoms with Crippen molar-refractivity contribution in [2.45, 2.75) is 26.6 Å². The third kappa shape index (κ3) is 3.19. The van der Waals surface area contributed by atoms with E-state index < -0.39 is 11.7 Å². The lowest BCUT2D eigenvalue weighted by molar-refractivity contribution is -0.137. The zero-order chi connectivity index (χ0) is 14.8. The summed E-state index contributed by atoms with van der Waals surface area (Å²) in [4.78, 5) is 0. The third-order valence-electron chi connectivity index (χ3n) is 3.07. The lowest BCUT2D eigenvalue weighted by Gasteiger charge is -2.09. The lowest BCUT2D eigenvalue weighted by atomic mass is 10.1. The largest absolute Gasteiger partial charge is 0.419 e. The molecule has 0 aliphatic heterocycles. The SMILES string of the molecule is CCNCc1ccc(-n2cc(C(F)(F)F)cn2)cc1C. The van der Waals surface area contributed by atoms with Crippen LogP contribution in [-0.4, -0.2) is 16.3 Å². The summed E-state index contributed by atoms with van der Waals surface area (Å²) in [5, 5.41) is 6.98. The number of nitrogens with zero attached hydrogens (tertiary/aromatic N) is 2. The number of hydrogen-bond donors (Lipinski definition) is 1. The van der Waals surface area contributed by atoms with Crippen LogP contribution in [0.2, 0.25) is 0 Å². The fraction of sp³-hybridized carbons (Fsp3) is 0.357. The van der Waals surface area contributed by atoms with Crippen molar-refractivity contribution >= 4 is 0 Å². The van der Waals surface area contributed by atoms with Crippen molar-refractivity contribution < 1.29 is 13.2 Å². The molecule has 0 atom stereocenters. The quantitative estimate of drug-likeness (QED) is 0.933. The molecule has 0 radical (unpaired) electrons. The van der Waals surface area contributed by atoms with E-state index in [0.717, 1.165) is 36.6 Å². The van der Waals surface area contributed by atoms with E-state index >= 15 is 0 Å². The van der Waals surface area contributed by atoms with Crippen LogP contribution in [0.25, 0.3) is 5.69 Å². The van der Waals surface area contributed by atoms with Crippen LogP contribution in [0.4, 0.5) is 13.2 Å². The van der Waals surface area contributed by atoms with Gasteiger partial charge in [0.25, 0.3) is 0 Å². The number of nitrogens with one attached hydrogen (secondary N) is 1. The van der Waals surface area contributed by atoms with Crippen LogP contribution in [0.15, 0.2) is 30.6 Å². The molecule has 0 amide bonds. The van der Waals surface area contributed by atoms with Crippen LogP contribution >= 0.6 is 0 Å². The van der Waals surface area contributed by atoms with E-state index in [0.29, 0.717) is 5.69 Å². The van der Waals surface area contributed by atoms with Gasteiger partial charge >= 0.3 is 6.18 Å². The summed E-state index contributed by atoms with van der Waals surface area (Å²) in [5.41, 5.74) is 2.02. The van der Waals surface area contributed by atoms with E-state index in [1.165, 1.54) is 4.68 Å². The maximum absolute atomic E-state index is 12.5. The van der Waals surface area contributed by atoms with Crippen LogP contribution in [-0.2, 0) is 12.7 Å². The van der Waals surface area contributed by atoms with Gasteiger partial charge in [-0.3, -0.25) is 0 Å². The first-order chi connectivity index (χ1) is 9.41. The van der Waals surface area contributed by atoms with Gasteiger partial charge in [0.05, 0.1) is 17.4 Å². The smallest absolute Gasteiger partial charge is 0.313 e. The topological polar surface area (TPSA) is 29.9 Å². The van der Waals surface area contributed by atoms with Crippen molar-refractivity contribution in [3.8, 4) is 5.69 Å². The predicted molar refractivity (Wildman–Crippen MR) is 70.7 cm³/mol. The van der Waals surface area contributed by atoms with Gasteiger partial charge in [-0.05, 0) is 36.7 Å². The Morgan fingerprint density at radius 2 is 2.05 bits per heavy atom. The summed E-state index contributed by atoms with van der Waals surface area (Å²) < 4.78 is 38.9. The summed E-state index contributed by atoms with van der Waals surface area (Å²) in [6.45, 7) is 5.57. The molecule has 0 aliphatic rings. The molecule has 0 fully saturated rings. The highest BCUT2D eigenvalue weighted by Gasteiger charge is 2.32. The van der Waals surface area contributed by atoms with Crippen LogP contribution in [0.1, 0.15) is 23.6 Å². The molecular weight excluding hydrogens is 267 g/mol. The van der Waals surface area contributed by atoms with E-state index in [1.54, 1.807) is 6.07 Å². The average molecular weight is 283 g/mol. The second kappa shape index (κ2) is 5.66. The number of alkyl halides is 3.